The summed E-state index contributed by atoms with van der Waals surface area (Å²) in [5.74, 6) is 0.525. The van der Waals surface area contributed by atoms with E-state index >= 15 is 0 Å². The highest BCUT2D eigenvalue weighted by atomic mass is 16.2. The number of carbonyl (C=O) groups excluding carboxylic acids is 1. The lowest BCUT2D eigenvalue weighted by atomic mass is 10.0. The maximum Gasteiger partial charge on any atom is 0.255 e. The molecule has 0 aliphatic heterocycles. The average molecular weight is 284 g/mol. The monoisotopic (exact) mass is 284 g/mol. The minimum Gasteiger partial charge on any atom is -0.398 e. The van der Waals surface area contributed by atoms with Crippen LogP contribution in [0.25, 0.3) is 10.8 Å². The number of nitrogens with zero attached hydrogens (tertiary/aromatic N) is 1. The highest BCUT2D eigenvalue weighted by Crippen LogP contribution is 2.23. The van der Waals surface area contributed by atoms with Gasteiger partial charge in [-0.2, -0.15) is 0 Å². The number of hydrogen-bond acceptors (Lipinski definition) is 2. The van der Waals surface area contributed by atoms with Crippen LogP contribution in [0, 0.1) is 5.92 Å². The molecule has 21 heavy (non-hydrogen) atoms. The van der Waals surface area contributed by atoms with Gasteiger partial charge in [-0.1, -0.05) is 44.5 Å². The van der Waals surface area contributed by atoms with Crippen molar-refractivity contribution in [2.75, 3.05) is 18.8 Å². The number of nitrogen functional groups attached to an aromatic ring is 1. The summed E-state index contributed by atoms with van der Waals surface area (Å²) in [7, 11) is 0. The molecule has 112 valence electrons. The van der Waals surface area contributed by atoms with Crippen LogP contribution in [0.1, 0.15) is 37.6 Å². The normalized spacial score (nSPS) is 12.3. The number of amides is 1. The first-order valence-corrected chi connectivity index (χ1v) is 7.64. The fourth-order valence-electron chi connectivity index (χ4n) is 2.47. The van der Waals surface area contributed by atoms with E-state index in [1.165, 1.54) is 0 Å². The zero-order valence-electron chi connectivity index (χ0n) is 13.1. The summed E-state index contributed by atoms with van der Waals surface area (Å²) in [6.07, 6.45) is 1.07. The smallest absolute Gasteiger partial charge is 0.255 e. The van der Waals surface area contributed by atoms with E-state index in [1.54, 1.807) is 0 Å². The molecule has 3 nitrogen and oxygen atoms in total. The second-order valence-electron chi connectivity index (χ2n) is 5.64. The van der Waals surface area contributed by atoms with Gasteiger partial charge in [0.05, 0.1) is 5.56 Å². The zero-order valence-corrected chi connectivity index (χ0v) is 13.1. The molecular formula is C18H24N2O. The first-order valence-electron chi connectivity index (χ1n) is 7.64. The van der Waals surface area contributed by atoms with Crippen molar-refractivity contribution >= 4 is 22.4 Å². The lowest BCUT2D eigenvalue weighted by Gasteiger charge is -2.25. The number of carbonyl (C=O) groups is 1. The third-order valence-corrected chi connectivity index (χ3v) is 4.05. The second kappa shape index (κ2) is 6.61. The molecule has 0 aliphatic carbocycles. The molecule has 2 aromatic rings. The van der Waals surface area contributed by atoms with Crippen LogP contribution in [0.3, 0.4) is 0 Å². The quantitative estimate of drug-likeness (QED) is 0.846. The van der Waals surface area contributed by atoms with Crippen molar-refractivity contribution in [1.29, 1.82) is 0 Å². The van der Waals surface area contributed by atoms with Gasteiger partial charge in [0.15, 0.2) is 0 Å². The molecule has 3 heteroatoms. The number of hydrogen-bond donors (Lipinski definition) is 1. The van der Waals surface area contributed by atoms with Gasteiger partial charge in [-0.15, -0.1) is 0 Å². The number of rotatable bonds is 5. The molecule has 0 spiro atoms. The van der Waals surface area contributed by atoms with Crippen molar-refractivity contribution < 1.29 is 4.79 Å². The van der Waals surface area contributed by atoms with Crippen LogP contribution in [-0.2, 0) is 0 Å². The van der Waals surface area contributed by atoms with E-state index in [1.807, 2.05) is 48.2 Å². The maximum absolute atomic E-state index is 12.7. The van der Waals surface area contributed by atoms with Crippen molar-refractivity contribution in [2.24, 2.45) is 5.92 Å². The molecule has 0 saturated heterocycles. The Kier molecular flexibility index (Phi) is 4.84. The van der Waals surface area contributed by atoms with Crippen molar-refractivity contribution in [2.45, 2.75) is 27.2 Å². The summed E-state index contributed by atoms with van der Waals surface area (Å²) in [4.78, 5) is 14.6. The molecule has 0 bridgehead atoms. The van der Waals surface area contributed by atoms with Crippen molar-refractivity contribution in [1.82, 2.24) is 4.90 Å². The molecule has 1 atom stereocenters. The Labute approximate surface area is 126 Å². The first kappa shape index (κ1) is 15.4. The summed E-state index contributed by atoms with van der Waals surface area (Å²) < 4.78 is 0. The van der Waals surface area contributed by atoms with Crippen LogP contribution in [-0.4, -0.2) is 23.9 Å². The number of benzene rings is 2. The highest BCUT2D eigenvalue weighted by molar-refractivity contribution is 6.03. The molecule has 2 aromatic carbocycles. The lowest BCUT2D eigenvalue weighted by molar-refractivity contribution is 0.0742. The number of nitrogens with two attached hydrogens (primary N) is 1. The topological polar surface area (TPSA) is 46.3 Å². The van der Waals surface area contributed by atoms with Gasteiger partial charge in [0, 0.05) is 18.8 Å². The average Bonchev–Trinajstić information content (AvgIpc) is 2.50. The molecule has 0 radical (unpaired) electrons. The molecule has 1 unspecified atom stereocenters. The lowest BCUT2D eigenvalue weighted by Crippen LogP contribution is -2.34. The summed E-state index contributed by atoms with van der Waals surface area (Å²) in [5.41, 5.74) is 7.26. The summed E-state index contributed by atoms with van der Waals surface area (Å²) in [6, 6.07) is 11.8. The van der Waals surface area contributed by atoms with Crippen LogP contribution in [0.15, 0.2) is 36.4 Å². The summed E-state index contributed by atoms with van der Waals surface area (Å²) >= 11 is 0. The van der Waals surface area contributed by atoms with Gasteiger partial charge in [-0.05, 0) is 35.7 Å². The Balaban J connectivity index is 2.35. The molecule has 0 aliphatic rings. The van der Waals surface area contributed by atoms with E-state index in [0.717, 1.165) is 23.7 Å². The Hall–Kier alpha value is -2.03. The zero-order chi connectivity index (χ0) is 15.4. The van der Waals surface area contributed by atoms with E-state index in [-0.39, 0.29) is 5.91 Å². The van der Waals surface area contributed by atoms with E-state index in [9.17, 15) is 4.79 Å². The van der Waals surface area contributed by atoms with E-state index in [4.69, 9.17) is 5.73 Å². The Morgan fingerprint density at radius 1 is 1.19 bits per heavy atom. The summed E-state index contributed by atoms with van der Waals surface area (Å²) in [6.45, 7) is 7.80. The molecule has 2 rings (SSSR count). The molecule has 2 N–H and O–H groups in total. The van der Waals surface area contributed by atoms with Crippen molar-refractivity contribution in [3.63, 3.8) is 0 Å². The third-order valence-electron chi connectivity index (χ3n) is 4.05. The van der Waals surface area contributed by atoms with Gasteiger partial charge >= 0.3 is 0 Å². The van der Waals surface area contributed by atoms with Crippen molar-refractivity contribution in [3.8, 4) is 0 Å². The molecule has 0 fully saturated rings. The maximum atomic E-state index is 12.7. The van der Waals surface area contributed by atoms with Crippen LogP contribution in [0.5, 0.6) is 0 Å². The van der Waals surface area contributed by atoms with Gasteiger partial charge < -0.3 is 10.6 Å². The van der Waals surface area contributed by atoms with Crippen molar-refractivity contribution in [3.05, 3.63) is 42.0 Å². The van der Waals surface area contributed by atoms with E-state index < -0.39 is 0 Å². The summed E-state index contributed by atoms with van der Waals surface area (Å²) in [5, 5.41) is 2.12. The van der Waals surface area contributed by atoms with E-state index in [0.29, 0.717) is 23.7 Å². The standard InChI is InChI=1S/C18H24N2O/c1-4-13(3)12-20(5-2)18(21)16-10-14-8-6-7-9-15(14)11-17(16)19/h6-11,13H,4-5,12,19H2,1-3H3. The first-order chi connectivity index (χ1) is 10.1. The van der Waals surface area contributed by atoms with Gasteiger partial charge in [0.2, 0.25) is 0 Å². The highest BCUT2D eigenvalue weighted by Gasteiger charge is 2.18. The predicted molar refractivity (Wildman–Crippen MR) is 89.4 cm³/mol. The number of fused-ring (bicyclic) bond motifs is 1. The van der Waals surface area contributed by atoms with E-state index in [2.05, 4.69) is 13.8 Å². The minimum absolute atomic E-state index is 0.0288. The second-order valence-corrected chi connectivity index (χ2v) is 5.64. The van der Waals surface area contributed by atoms with Crippen LogP contribution in [0.2, 0.25) is 0 Å². The molecule has 0 saturated carbocycles. The Bertz CT molecular complexity index is 636. The molecule has 0 heterocycles. The third kappa shape index (κ3) is 3.35. The molecule has 1 amide bonds. The van der Waals surface area contributed by atoms with Gasteiger partial charge in [0.25, 0.3) is 5.91 Å². The predicted octanol–water partition coefficient (Wildman–Crippen LogP) is 3.93. The number of anilines is 1. The fourth-order valence-corrected chi connectivity index (χ4v) is 2.47. The van der Waals surface area contributed by atoms with Crippen LogP contribution in [0.4, 0.5) is 5.69 Å². The van der Waals surface area contributed by atoms with Gasteiger partial charge in [-0.25, -0.2) is 0 Å². The Morgan fingerprint density at radius 3 is 2.38 bits per heavy atom. The van der Waals surface area contributed by atoms with Gasteiger partial charge in [-0.3, -0.25) is 4.79 Å². The van der Waals surface area contributed by atoms with Crippen LogP contribution >= 0.6 is 0 Å². The fraction of sp³-hybridized carbons (Fsp3) is 0.389. The largest absolute Gasteiger partial charge is 0.398 e. The minimum atomic E-state index is 0.0288. The van der Waals surface area contributed by atoms with Crippen LogP contribution < -0.4 is 5.73 Å². The van der Waals surface area contributed by atoms with Gasteiger partial charge in [0.1, 0.15) is 0 Å². The Morgan fingerprint density at radius 2 is 1.81 bits per heavy atom. The SMILES string of the molecule is CCC(C)CN(CC)C(=O)c1cc2ccccc2cc1N. The molecule has 0 aromatic heterocycles. The molecular weight excluding hydrogens is 260 g/mol.